The lowest BCUT2D eigenvalue weighted by Crippen LogP contribution is -2.08. The second kappa shape index (κ2) is 4.35. The van der Waals surface area contributed by atoms with Crippen molar-refractivity contribution in [1.29, 1.82) is 0 Å². The van der Waals surface area contributed by atoms with Crippen LogP contribution in [0.3, 0.4) is 0 Å². The summed E-state index contributed by atoms with van der Waals surface area (Å²) in [6, 6.07) is 14.4. The Morgan fingerprint density at radius 2 is 1.69 bits per heavy atom. The zero-order valence-corrected chi connectivity index (χ0v) is 10.8. The monoisotopic (exact) mass is 229 g/mol. The fourth-order valence-corrected chi connectivity index (χ4v) is 2.04. The van der Waals surface area contributed by atoms with E-state index in [9.17, 15) is 0 Å². The Morgan fingerprint density at radius 3 is 2.31 bits per heavy atom. The lowest BCUT2D eigenvalue weighted by molar-refractivity contribution is 0.785. The van der Waals surface area contributed by atoms with Crippen molar-refractivity contribution in [2.75, 3.05) is 0 Å². The highest BCUT2D eigenvalue weighted by Crippen LogP contribution is 2.36. The number of pyridine rings is 1. The molecule has 0 amide bonds. The summed E-state index contributed by atoms with van der Waals surface area (Å²) in [5.41, 5.74) is 3.55. The fourth-order valence-electron chi connectivity index (χ4n) is 1.79. The van der Waals surface area contributed by atoms with Gasteiger partial charge in [-0.2, -0.15) is 0 Å². The quantitative estimate of drug-likeness (QED) is 0.712. The summed E-state index contributed by atoms with van der Waals surface area (Å²) >= 11 is 0. The van der Waals surface area contributed by atoms with Gasteiger partial charge in [0.15, 0.2) is 0 Å². The van der Waals surface area contributed by atoms with Crippen LogP contribution >= 0.6 is 9.24 Å². The molecule has 82 valence electrons. The molecule has 0 saturated carbocycles. The standard InChI is InChI=1S/C14H16NP/c1-14(2,16)12-8-4-3-7-11(12)13-9-5-6-10-15-13/h3-10H,16H2,1-2H3. The third-order valence-corrected chi connectivity index (χ3v) is 2.87. The molecule has 0 aliphatic rings. The molecule has 2 aromatic rings. The molecule has 2 rings (SSSR count). The molecular formula is C14H16NP. The fraction of sp³-hybridized carbons (Fsp3) is 0.214. The van der Waals surface area contributed by atoms with Crippen molar-refractivity contribution in [2.45, 2.75) is 19.0 Å². The van der Waals surface area contributed by atoms with Gasteiger partial charge in [-0.25, -0.2) is 0 Å². The maximum absolute atomic E-state index is 4.41. The van der Waals surface area contributed by atoms with Crippen molar-refractivity contribution in [3.63, 3.8) is 0 Å². The van der Waals surface area contributed by atoms with Gasteiger partial charge in [0.05, 0.1) is 5.69 Å². The predicted molar refractivity (Wildman–Crippen MR) is 72.4 cm³/mol. The Balaban J connectivity index is 2.58. The lowest BCUT2D eigenvalue weighted by atomic mass is 9.94. The summed E-state index contributed by atoms with van der Waals surface area (Å²) in [4.78, 5) is 4.41. The Bertz CT molecular complexity index is 472. The zero-order chi connectivity index (χ0) is 11.6. The number of aromatic nitrogens is 1. The van der Waals surface area contributed by atoms with E-state index in [1.807, 2.05) is 18.3 Å². The van der Waals surface area contributed by atoms with Crippen molar-refractivity contribution >= 4 is 9.24 Å². The second-order valence-corrected chi connectivity index (χ2v) is 5.93. The minimum absolute atomic E-state index is 0.0636. The zero-order valence-electron chi connectivity index (χ0n) is 9.64. The molecule has 1 unspecified atom stereocenters. The van der Waals surface area contributed by atoms with Gasteiger partial charge in [0.2, 0.25) is 0 Å². The first-order valence-corrected chi connectivity index (χ1v) is 5.96. The largest absolute Gasteiger partial charge is 0.256 e. The molecule has 0 N–H and O–H groups in total. The highest BCUT2D eigenvalue weighted by Gasteiger charge is 2.18. The number of hydrogen-bond donors (Lipinski definition) is 0. The van der Waals surface area contributed by atoms with E-state index < -0.39 is 0 Å². The summed E-state index contributed by atoms with van der Waals surface area (Å²) < 4.78 is 0. The molecule has 1 heterocycles. The first-order chi connectivity index (χ1) is 7.59. The van der Waals surface area contributed by atoms with Crippen LogP contribution in [0, 0.1) is 0 Å². The number of benzene rings is 1. The predicted octanol–water partition coefficient (Wildman–Crippen LogP) is 3.86. The maximum atomic E-state index is 4.41. The van der Waals surface area contributed by atoms with Crippen LogP contribution in [0.25, 0.3) is 11.3 Å². The third kappa shape index (κ3) is 2.31. The highest BCUT2D eigenvalue weighted by atomic mass is 31.0. The average Bonchev–Trinajstić information content (AvgIpc) is 2.29. The molecule has 1 nitrogen and oxygen atoms in total. The first kappa shape index (κ1) is 11.3. The lowest BCUT2D eigenvalue weighted by Gasteiger charge is -2.22. The first-order valence-electron chi connectivity index (χ1n) is 5.39. The number of hydrogen-bond acceptors (Lipinski definition) is 1. The Labute approximate surface area is 99.1 Å². The van der Waals surface area contributed by atoms with Crippen LogP contribution in [-0.2, 0) is 5.16 Å². The van der Waals surface area contributed by atoms with E-state index >= 15 is 0 Å². The molecule has 0 saturated heterocycles. The van der Waals surface area contributed by atoms with Crippen LogP contribution in [0.15, 0.2) is 48.7 Å². The summed E-state index contributed by atoms with van der Waals surface area (Å²) in [7, 11) is 2.89. The SMILES string of the molecule is CC(C)(P)c1ccccc1-c1ccccn1. The number of rotatable bonds is 2. The molecule has 1 aromatic carbocycles. The van der Waals surface area contributed by atoms with E-state index in [0.717, 1.165) is 5.69 Å². The molecular weight excluding hydrogens is 213 g/mol. The van der Waals surface area contributed by atoms with Crippen LogP contribution in [-0.4, -0.2) is 4.98 Å². The maximum Gasteiger partial charge on any atom is 0.0705 e. The molecule has 0 fully saturated rings. The van der Waals surface area contributed by atoms with Gasteiger partial charge in [-0.3, -0.25) is 4.98 Å². The van der Waals surface area contributed by atoms with Crippen molar-refractivity contribution in [2.24, 2.45) is 0 Å². The van der Waals surface area contributed by atoms with Gasteiger partial charge in [0.1, 0.15) is 0 Å². The minimum Gasteiger partial charge on any atom is -0.256 e. The van der Waals surface area contributed by atoms with Crippen LogP contribution < -0.4 is 0 Å². The smallest absolute Gasteiger partial charge is 0.0705 e. The van der Waals surface area contributed by atoms with Gasteiger partial charge < -0.3 is 0 Å². The van der Waals surface area contributed by atoms with Crippen LogP contribution in [0.4, 0.5) is 0 Å². The highest BCUT2D eigenvalue weighted by molar-refractivity contribution is 7.18. The third-order valence-electron chi connectivity index (χ3n) is 2.56. The Hall–Kier alpha value is -1.20. The van der Waals surface area contributed by atoms with Crippen LogP contribution in [0.1, 0.15) is 19.4 Å². The summed E-state index contributed by atoms with van der Waals surface area (Å²) in [5.74, 6) is 0. The average molecular weight is 229 g/mol. The van der Waals surface area contributed by atoms with Gasteiger partial charge >= 0.3 is 0 Å². The van der Waals surface area contributed by atoms with Gasteiger partial charge in [0.25, 0.3) is 0 Å². The van der Waals surface area contributed by atoms with E-state index in [0.29, 0.717) is 0 Å². The van der Waals surface area contributed by atoms with Crippen molar-refractivity contribution in [1.82, 2.24) is 4.98 Å². The van der Waals surface area contributed by atoms with E-state index in [2.05, 4.69) is 58.4 Å². The Morgan fingerprint density at radius 1 is 1.00 bits per heavy atom. The molecule has 1 aromatic heterocycles. The summed E-state index contributed by atoms with van der Waals surface area (Å²) in [5, 5.41) is 0.0636. The second-order valence-electron chi connectivity index (χ2n) is 4.48. The Kier molecular flexibility index (Phi) is 3.07. The van der Waals surface area contributed by atoms with Gasteiger partial charge in [0, 0.05) is 16.9 Å². The molecule has 0 spiro atoms. The van der Waals surface area contributed by atoms with E-state index in [1.165, 1.54) is 11.1 Å². The molecule has 0 radical (unpaired) electrons. The summed E-state index contributed by atoms with van der Waals surface area (Å²) in [6.07, 6.45) is 1.84. The van der Waals surface area contributed by atoms with Crippen molar-refractivity contribution < 1.29 is 0 Å². The minimum atomic E-state index is 0.0636. The molecule has 0 aliphatic carbocycles. The summed E-state index contributed by atoms with van der Waals surface area (Å²) in [6.45, 7) is 4.39. The van der Waals surface area contributed by atoms with E-state index in [-0.39, 0.29) is 5.16 Å². The van der Waals surface area contributed by atoms with Gasteiger partial charge in [-0.05, 0) is 17.7 Å². The van der Waals surface area contributed by atoms with Crippen LogP contribution in [0.5, 0.6) is 0 Å². The number of nitrogens with zero attached hydrogens (tertiary/aromatic N) is 1. The van der Waals surface area contributed by atoms with E-state index in [4.69, 9.17) is 0 Å². The molecule has 16 heavy (non-hydrogen) atoms. The molecule has 0 aliphatic heterocycles. The van der Waals surface area contributed by atoms with Crippen molar-refractivity contribution in [3.8, 4) is 11.3 Å². The van der Waals surface area contributed by atoms with E-state index in [1.54, 1.807) is 0 Å². The topological polar surface area (TPSA) is 12.9 Å². The van der Waals surface area contributed by atoms with Crippen LogP contribution in [0.2, 0.25) is 0 Å². The molecule has 2 heteroatoms. The molecule has 0 bridgehead atoms. The van der Waals surface area contributed by atoms with Gasteiger partial charge in [-0.15, -0.1) is 9.24 Å². The molecule has 1 atom stereocenters. The van der Waals surface area contributed by atoms with Crippen molar-refractivity contribution in [3.05, 3.63) is 54.2 Å². The normalized spacial score (nSPS) is 11.4. The van der Waals surface area contributed by atoms with Gasteiger partial charge in [-0.1, -0.05) is 44.2 Å².